The average Bonchev–Trinajstić information content (AvgIpc) is 3.17. The van der Waals surface area contributed by atoms with Crippen LogP contribution < -0.4 is 10.6 Å². The number of sulfonamides is 1. The molecule has 0 spiro atoms. The fourth-order valence-electron chi connectivity index (χ4n) is 2.62. The number of benzene rings is 1. The van der Waals surface area contributed by atoms with Crippen LogP contribution in [0.3, 0.4) is 0 Å². The molecule has 0 aliphatic carbocycles. The topological polar surface area (TPSA) is 94.9 Å². The number of nitrogens with zero attached hydrogens (tertiary/aromatic N) is 2. The molecule has 0 bridgehead atoms. The number of carbonyl (C=O) groups is 1. The van der Waals surface area contributed by atoms with Crippen molar-refractivity contribution in [3.63, 3.8) is 0 Å². The van der Waals surface area contributed by atoms with Crippen molar-refractivity contribution >= 4 is 38.9 Å². The highest BCUT2D eigenvalue weighted by Gasteiger charge is 2.27. The Labute approximate surface area is 163 Å². The number of piperazine rings is 1. The molecular weight excluding hydrogens is 388 g/mol. The molecule has 8 nitrogen and oxygen atoms in total. The van der Waals surface area contributed by atoms with Crippen LogP contribution in [0.5, 0.6) is 0 Å². The second-order valence-corrected chi connectivity index (χ2v) is 8.46. The molecule has 0 saturated carbocycles. The average molecular weight is 409 g/mol. The van der Waals surface area contributed by atoms with Crippen LogP contribution >= 0.6 is 12.2 Å². The van der Waals surface area contributed by atoms with E-state index >= 15 is 0 Å². The van der Waals surface area contributed by atoms with Crippen molar-refractivity contribution in [1.29, 1.82) is 0 Å². The van der Waals surface area contributed by atoms with Gasteiger partial charge in [-0.2, -0.15) is 4.31 Å². The Hall–Kier alpha value is -2.27. The van der Waals surface area contributed by atoms with Gasteiger partial charge in [-0.1, -0.05) is 0 Å². The van der Waals surface area contributed by atoms with E-state index in [1.165, 1.54) is 28.8 Å². The number of nitrogens with one attached hydrogen (secondary N) is 2. The summed E-state index contributed by atoms with van der Waals surface area (Å²) in [5, 5.41) is 5.42. The lowest BCUT2D eigenvalue weighted by Gasteiger charge is -2.31. The molecule has 0 radical (unpaired) electrons. The first-order valence-corrected chi connectivity index (χ1v) is 10.2. The van der Waals surface area contributed by atoms with E-state index in [1.807, 2.05) is 7.05 Å². The van der Waals surface area contributed by atoms with E-state index in [9.17, 15) is 13.2 Å². The molecule has 1 aliphatic rings. The van der Waals surface area contributed by atoms with Crippen LogP contribution in [0.1, 0.15) is 10.6 Å². The van der Waals surface area contributed by atoms with Gasteiger partial charge in [0.15, 0.2) is 10.9 Å². The molecule has 10 heteroatoms. The maximum atomic E-state index is 12.7. The van der Waals surface area contributed by atoms with E-state index in [4.69, 9.17) is 16.6 Å². The number of furan rings is 1. The smallest absolute Gasteiger partial charge is 0.293 e. The van der Waals surface area contributed by atoms with Crippen LogP contribution in [0.25, 0.3) is 0 Å². The number of hydrogen-bond acceptors (Lipinski definition) is 6. The monoisotopic (exact) mass is 408 g/mol. The summed E-state index contributed by atoms with van der Waals surface area (Å²) < 4.78 is 31.9. The van der Waals surface area contributed by atoms with Crippen molar-refractivity contribution < 1.29 is 17.6 Å². The first-order valence-electron chi connectivity index (χ1n) is 8.31. The Kier molecular flexibility index (Phi) is 5.90. The Morgan fingerprint density at radius 2 is 1.78 bits per heavy atom. The molecule has 1 fully saturated rings. The number of carbonyl (C=O) groups excluding carboxylic acids is 1. The summed E-state index contributed by atoms with van der Waals surface area (Å²) in [4.78, 5) is 14.2. The van der Waals surface area contributed by atoms with Crippen LogP contribution in [0.2, 0.25) is 0 Å². The molecule has 1 amide bonds. The number of anilines is 1. The van der Waals surface area contributed by atoms with Crippen molar-refractivity contribution in [2.75, 3.05) is 38.5 Å². The van der Waals surface area contributed by atoms with Crippen LogP contribution in [-0.2, 0) is 10.0 Å². The summed E-state index contributed by atoms with van der Waals surface area (Å²) in [7, 11) is -1.55. The van der Waals surface area contributed by atoms with Gasteiger partial charge in [0.25, 0.3) is 5.91 Å². The molecule has 0 unspecified atom stereocenters. The van der Waals surface area contributed by atoms with Gasteiger partial charge in [0.1, 0.15) is 0 Å². The van der Waals surface area contributed by atoms with Crippen molar-refractivity contribution in [2.45, 2.75) is 4.90 Å². The van der Waals surface area contributed by atoms with E-state index in [2.05, 4.69) is 15.5 Å². The Morgan fingerprint density at radius 1 is 1.11 bits per heavy atom. The highest BCUT2D eigenvalue weighted by atomic mass is 32.2. The zero-order valence-electron chi connectivity index (χ0n) is 14.7. The third-order valence-electron chi connectivity index (χ3n) is 4.18. The number of hydrogen-bond donors (Lipinski definition) is 2. The van der Waals surface area contributed by atoms with Gasteiger partial charge in [0.2, 0.25) is 10.0 Å². The van der Waals surface area contributed by atoms with Crippen molar-refractivity contribution in [2.24, 2.45) is 0 Å². The van der Waals surface area contributed by atoms with Gasteiger partial charge >= 0.3 is 0 Å². The number of thiocarbonyl (C=S) groups is 1. The first-order chi connectivity index (χ1) is 12.9. The number of likely N-dealkylation sites (N-methyl/N-ethyl adjacent to an activating group) is 1. The third kappa shape index (κ3) is 4.72. The minimum Gasteiger partial charge on any atom is -0.459 e. The molecule has 1 aromatic heterocycles. The van der Waals surface area contributed by atoms with Gasteiger partial charge in [-0.25, -0.2) is 8.42 Å². The van der Waals surface area contributed by atoms with Gasteiger partial charge in [-0.3, -0.25) is 10.1 Å². The van der Waals surface area contributed by atoms with Crippen LogP contribution in [-0.4, -0.2) is 61.9 Å². The van der Waals surface area contributed by atoms with Gasteiger partial charge in [-0.05, 0) is 55.7 Å². The number of amides is 1. The van der Waals surface area contributed by atoms with E-state index in [0.717, 1.165) is 0 Å². The zero-order valence-corrected chi connectivity index (χ0v) is 16.3. The second kappa shape index (κ2) is 8.17. The van der Waals surface area contributed by atoms with E-state index in [-0.39, 0.29) is 15.8 Å². The molecule has 0 atom stereocenters. The van der Waals surface area contributed by atoms with E-state index < -0.39 is 15.9 Å². The predicted octanol–water partition coefficient (Wildman–Crippen LogP) is 1.34. The molecule has 2 heterocycles. The zero-order chi connectivity index (χ0) is 19.4. The summed E-state index contributed by atoms with van der Waals surface area (Å²) in [6.07, 6.45) is 1.39. The standard InChI is InChI=1S/C17H20N4O4S2/c1-20-8-10-21(11-9-20)27(23,24)14-6-4-13(5-7-14)18-17(26)19-16(22)15-3-2-12-25-15/h2-7,12H,8-11H2,1H3,(H2,18,19,22,26). The molecule has 2 N–H and O–H groups in total. The summed E-state index contributed by atoms with van der Waals surface area (Å²) in [6, 6.07) is 9.38. The lowest BCUT2D eigenvalue weighted by molar-refractivity contribution is 0.0950. The molecule has 2 aromatic rings. The van der Waals surface area contributed by atoms with Crippen LogP contribution in [0, 0.1) is 0 Å². The van der Waals surface area contributed by atoms with Gasteiger partial charge in [0.05, 0.1) is 11.2 Å². The van der Waals surface area contributed by atoms with E-state index in [0.29, 0.717) is 31.9 Å². The maximum absolute atomic E-state index is 12.7. The fraction of sp³-hybridized carbons (Fsp3) is 0.294. The second-order valence-electron chi connectivity index (χ2n) is 6.12. The fourth-order valence-corrected chi connectivity index (χ4v) is 4.26. The molecular formula is C17H20N4O4S2. The largest absolute Gasteiger partial charge is 0.459 e. The maximum Gasteiger partial charge on any atom is 0.293 e. The molecule has 144 valence electrons. The quantitative estimate of drug-likeness (QED) is 0.737. The molecule has 1 aliphatic heterocycles. The minimum atomic E-state index is -3.52. The Morgan fingerprint density at radius 3 is 2.37 bits per heavy atom. The van der Waals surface area contributed by atoms with Gasteiger partial charge in [-0.15, -0.1) is 0 Å². The summed E-state index contributed by atoms with van der Waals surface area (Å²) in [5.41, 5.74) is 0.567. The highest BCUT2D eigenvalue weighted by molar-refractivity contribution is 7.89. The van der Waals surface area contributed by atoms with Gasteiger partial charge in [0, 0.05) is 31.9 Å². The van der Waals surface area contributed by atoms with Gasteiger partial charge < -0.3 is 14.6 Å². The highest BCUT2D eigenvalue weighted by Crippen LogP contribution is 2.19. The lowest BCUT2D eigenvalue weighted by atomic mass is 10.3. The molecule has 1 saturated heterocycles. The van der Waals surface area contributed by atoms with E-state index in [1.54, 1.807) is 18.2 Å². The van der Waals surface area contributed by atoms with Crippen molar-refractivity contribution in [3.8, 4) is 0 Å². The summed E-state index contributed by atoms with van der Waals surface area (Å²) in [5.74, 6) is -0.320. The Bertz CT molecular complexity index is 903. The normalized spacial score (nSPS) is 16.0. The van der Waals surface area contributed by atoms with Crippen LogP contribution in [0.4, 0.5) is 5.69 Å². The van der Waals surface area contributed by atoms with Crippen molar-refractivity contribution in [1.82, 2.24) is 14.5 Å². The molecule has 1 aromatic carbocycles. The Balaban J connectivity index is 1.61. The minimum absolute atomic E-state index is 0.0890. The number of rotatable bonds is 4. The summed E-state index contributed by atoms with van der Waals surface area (Å²) >= 11 is 5.09. The molecule has 27 heavy (non-hydrogen) atoms. The SMILES string of the molecule is CN1CCN(S(=O)(=O)c2ccc(NC(=S)NC(=O)c3ccco3)cc2)CC1. The lowest BCUT2D eigenvalue weighted by Crippen LogP contribution is -2.46. The predicted molar refractivity (Wildman–Crippen MR) is 105 cm³/mol. The molecule has 3 rings (SSSR count). The first kappa shape index (κ1) is 19.5. The third-order valence-corrected chi connectivity index (χ3v) is 6.30. The summed E-state index contributed by atoms with van der Waals surface area (Å²) in [6.45, 7) is 2.37. The van der Waals surface area contributed by atoms with Crippen LogP contribution in [0.15, 0.2) is 52.0 Å². The van der Waals surface area contributed by atoms with Crippen molar-refractivity contribution in [3.05, 3.63) is 48.4 Å².